The molecule has 2 aromatic rings. The van der Waals surface area contributed by atoms with E-state index in [-0.39, 0.29) is 27.0 Å². The van der Waals surface area contributed by atoms with Crippen LogP contribution in [0.2, 0.25) is 10.0 Å². The van der Waals surface area contributed by atoms with E-state index in [2.05, 4.69) is 5.32 Å². The van der Waals surface area contributed by atoms with Crippen LogP contribution in [-0.4, -0.2) is 17.4 Å². The van der Waals surface area contributed by atoms with Gasteiger partial charge in [-0.2, -0.15) is 5.26 Å². The van der Waals surface area contributed by atoms with Crippen LogP contribution in [0.25, 0.3) is 6.08 Å². The number of carbonyl (C=O) groups excluding carboxylic acids is 1. The Bertz CT molecular complexity index is 944. The third-order valence-corrected chi connectivity index (χ3v) is 3.86. The Kier molecular flexibility index (Phi) is 6.77. The summed E-state index contributed by atoms with van der Waals surface area (Å²) in [4.78, 5) is 22.5. The minimum Gasteiger partial charge on any atom is -0.491 e. The Hall–Kier alpha value is -3.08. The van der Waals surface area contributed by atoms with E-state index in [9.17, 15) is 20.2 Å². The van der Waals surface area contributed by atoms with Crippen molar-refractivity contribution in [3.63, 3.8) is 0 Å². The van der Waals surface area contributed by atoms with Gasteiger partial charge < -0.3 is 10.1 Å². The number of benzene rings is 2. The molecule has 0 spiro atoms. The standard InChI is InChI=1S/C18H13Cl2N3O4/c1-2-27-17-15(19)7-11(8-16(17)20)6-12(10-21)18(24)22-13-4-3-5-14(9-13)23(25)26/h3-9H,2H2,1H3,(H,22,24)/b12-6+. The summed E-state index contributed by atoms with van der Waals surface area (Å²) >= 11 is 12.2. The van der Waals surface area contributed by atoms with Gasteiger partial charge in [0.25, 0.3) is 11.6 Å². The van der Waals surface area contributed by atoms with Crippen LogP contribution >= 0.6 is 23.2 Å². The molecule has 7 nitrogen and oxygen atoms in total. The molecule has 0 aliphatic heterocycles. The number of halogens is 2. The Morgan fingerprint density at radius 1 is 1.33 bits per heavy atom. The third kappa shape index (κ3) is 5.20. The van der Waals surface area contributed by atoms with E-state index in [1.807, 2.05) is 0 Å². The van der Waals surface area contributed by atoms with Crippen molar-refractivity contribution >= 4 is 46.6 Å². The van der Waals surface area contributed by atoms with E-state index in [4.69, 9.17) is 27.9 Å². The number of ether oxygens (including phenoxy) is 1. The van der Waals surface area contributed by atoms with Crippen LogP contribution in [0, 0.1) is 21.4 Å². The molecule has 2 rings (SSSR count). The molecule has 0 unspecified atom stereocenters. The van der Waals surface area contributed by atoms with E-state index in [0.717, 1.165) is 0 Å². The van der Waals surface area contributed by atoms with Gasteiger partial charge in [-0.15, -0.1) is 0 Å². The topological polar surface area (TPSA) is 105 Å². The molecule has 0 aliphatic rings. The second kappa shape index (κ2) is 9.03. The van der Waals surface area contributed by atoms with Crippen LogP contribution in [0.1, 0.15) is 12.5 Å². The van der Waals surface area contributed by atoms with Gasteiger partial charge in [0, 0.05) is 17.8 Å². The van der Waals surface area contributed by atoms with Crippen LogP contribution in [-0.2, 0) is 4.79 Å². The molecule has 138 valence electrons. The number of amides is 1. The lowest BCUT2D eigenvalue weighted by molar-refractivity contribution is -0.384. The predicted molar refractivity (Wildman–Crippen MR) is 103 cm³/mol. The van der Waals surface area contributed by atoms with Gasteiger partial charge in [-0.3, -0.25) is 14.9 Å². The number of nitrogens with zero attached hydrogens (tertiary/aromatic N) is 2. The fraction of sp³-hybridized carbons (Fsp3) is 0.111. The summed E-state index contributed by atoms with van der Waals surface area (Å²) < 4.78 is 5.33. The normalized spacial score (nSPS) is 10.8. The Morgan fingerprint density at radius 2 is 2.00 bits per heavy atom. The summed E-state index contributed by atoms with van der Waals surface area (Å²) in [5, 5.41) is 23.0. The molecule has 0 bridgehead atoms. The van der Waals surface area contributed by atoms with Crippen LogP contribution < -0.4 is 10.1 Å². The number of carbonyl (C=O) groups is 1. The first-order valence-corrected chi connectivity index (χ1v) is 8.40. The molecule has 1 amide bonds. The Balaban J connectivity index is 2.28. The summed E-state index contributed by atoms with van der Waals surface area (Å²) in [6.45, 7) is 2.16. The van der Waals surface area contributed by atoms with E-state index in [1.165, 1.54) is 42.5 Å². The highest BCUT2D eigenvalue weighted by molar-refractivity contribution is 6.37. The van der Waals surface area contributed by atoms with Gasteiger partial charge in [0.2, 0.25) is 0 Å². The van der Waals surface area contributed by atoms with Gasteiger partial charge in [-0.05, 0) is 36.8 Å². The zero-order valence-corrected chi connectivity index (χ0v) is 15.5. The third-order valence-electron chi connectivity index (χ3n) is 3.30. The van der Waals surface area contributed by atoms with Crippen LogP contribution in [0.3, 0.4) is 0 Å². The first-order valence-electron chi connectivity index (χ1n) is 7.65. The van der Waals surface area contributed by atoms with Crippen molar-refractivity contribution in [3.05, 3.63) is 67.7 Å². The fourth-order valence-electron chi connectivity index (χ4n) is 2.16. The SMILES string of the molecule is CCOc1c(Cl)cc(/C=C(\C#N)C(=O)Nc2cccc([N+](=O)[O-])c2)cc1Cl. The van der Waals surface area contributed by atoms with Crippen molar-refractivity contribution < 1.29 is 14.5 Å². The average Bonchev–Trinajstić information content (AvgIpc) is 2.62. The smallest absolute Gasteiger partial charge is 0.271 e. The quantitative estimate of drug-likeness (QED) is 0.320. The van der Waals surface area contributed by atoms with Gasteiger partial charge in [0.1, 0.15) is 11.6 Å². The number of hydrogen-bond donors (Lipinski definition) is 1. The van der Waals surface area contributed by atoms with Gasteiger partial charge >= 0.3 is 0 Å². The maximum absolute atomic E-state index is 12.3. The molecule has 0 fully saturated rings. The highest BCUT2D eigenvalue weighted by Gasteiger charge is 2.14. The zero-order valence-electron chi connectivity index (χ0n) is 14.0. The number of nitriles is 1. The van der Waals surface area contributed by atoms with Crippen molar-refractivity contribution in [1.82, 2.24) is 0 Å². The molecule has 0 saturated carbocycles. The number of anilines is 1. The molecular formula is C18H13Cl2N3O4. The summed E-state index contributed by atoms with van der Waals surface area (Å²) in [5.74, 6) is -0.406. The van der Waals surface area contributed by atoms with Crippen LogP contribution in [0.4, 0.5) is 11.4 Å². The molecule has 9 heteroatoms. The fourth-order valence-corrected chi connectivity index (χ4v) is 2.77. The minimum absolute atomic E-state index is 0.180. The van der Waals surface area contributed by atoms with E-state index >= 15 is 0 Å². The lowest BCUT2D eigenvalue weighted by Crippen LogP contribution is -2.13. The molecule has 0 atom stereocenters. The van der Waals surface area contributed by atoms with E-state index in [0.29, 0.717) is 17.9 Å². The van der Waals surface area contributed by atoms with Gasteiger partial charge in [-0.1, -0.05) is 29.3 Å². The van der Waals surface area contributed by atoms with Gasteiger partial charge in [0.15, 0.2) is 5.75 Å². The second-order valence-corrected chi connectivity index (χ2v) is 5.99. The van der Waals surface area contributed by atoms with E-state index in [1.54, 1.807) is 13.0 Å². The second-order valence-electron chi connectivity index (χ2n) is 5.18. The average molecular weight is 406 g/mol. The molecule has 0 heterocycles. The minimum atomic E-state index is -0.723. The molecule has 0 saturated heterocycles. The molecule has 0 radical (unpaired) electrons. The number of nitro benzene ring substituents is 1. The van der Waals surface area contributed by atoms with Gasteiger partial charge in [-0.25, -0.2) is 0 Å². The lowest BCUT2D eigenvalue weighted by Gasteiger charge is -2.09. The highest BCUT2D eigenvalue weighted by atomic mass is 35.5. The number of nitro groups is 1. The van der Waals surface area contributed by atoms with Crippen molar-refractivity contribution in [2.24, 2.45) is 0 Å². The number of nitrogens with one attached hydrogen (secondary N) is 1. The van der Waals surface area contributed by atoms with Crippen molar-refractivity contribution in [3.8, 4) is 11.8 Å². The monoisotopic (exact) mass is 405 g/mol. The maximum atomic E-state index is 12.3. The Labute approximate surface area is 164 Å². The molecular weight excluding hydrogens is 393 g/mol. The van der Waals surface area contributed by atoms with Crippen molar-refractivity contribution in [1.29, 1.82) is 5.26 Å². The summed E-state index contributed by atoms with van der Waals surface area (Å²) in [5.41, 5.74) is 0.218. The summed E-state index contributed by atoms with van der Waals surface area (Å²) in [7, 11) is 0. The van der Waals surface area contributed by atoms with Crippen LogP contribution in [0.15, 0.2) is 42.0 Å². The number of non-ortho nitro benzene ring substituents is 1. The number of hydrogen-bond acceptors (Lipinski definition) is 5. The molecule has 2 aromatic carbocycles. The summed E-state index contributed by atoms with van der Waals surface area (Å²) in [6, 6.07) is 10.2. The molecule has 27 heavy (non-hydrogen) atoms. The zero-order chi connectivity index (χ0) is 20.0. The highest BCUT2D eigenvalue weighted by Crippen LogP contribution is 2.34. The van der Waals surface area contributed by atoms with Crippen molar-refractivity contribution in [2.75, 3.05) is 11.9 Å². The maximum Gasteiger partial charge on any atom is 0.271 e. The van der Waals surface area contributed by atoms with Crippen molar-refractivity contribution in [2.45, 2.75) is 6.92 Å². The van der Waals surface area contributed by atoms with E-state index < -0.39 is 10.8 Å². The summed E-state index contributed by atoms with van der Waals surface area (Å²) in [6.07, 6.45) is 1.31. The molecule has 0 aromatic heterocycles. The van der Waals surface area contributed by atoms with Gasteiger partial charge in [0.05, 0.1) is 21.6 Å². The lowest BCUT2D eigenvalue weighted by atomic mass is 10.1. The predicted octanol–water partition coefficient (Wildman–Crippen LogP) is 4.85. The number of rotatable bonds is 6. The largest absolute Gasteiger partial charge is 0.491 e. The van der Waals surface area contributed by atoms with Crippen LogP contribution in [0.5, 0.6) is 5.75 Å². The first-order chi connectivity index (χ1) is 12.8. The Morgan fingerprint density at radius 3 is 2.56 bits per heavy atom. The molecule has 1 N–H and O–H groups in total. The molecule has 0 aliphatic carbocycles. The first kappa shape index (κ1) is 20.2.